The number of nitrogens with zero attached hydrogens (tertiary/aromatic N) is 3. The number of hydrogen-bond acceptors (Lipinski definition) is 8. The molecule has 4 N–H and O–H groups in total. The van der Waals surface area contributed by atoms with E-state index < -0.39 is 5.91 Å². The van der Waals surface area contributed by atoms with Gasteiger partial charge >= 0.3 is 0 Å². The van der Waals surface area contributed by atoms with Gasteiger partial charge in [0.2, 0.25) is 11.0 Å². The number of carbonyl (C=O) groups excluding carboxylic acids is 2. The van der Waals surface area contributed by atoms with E-state index in [0.29, 0.717) is 21.2 Å². The predicted molar refractivity (Wildman–Crippen MR) is 109 cm³/mol. The van der Waals surface area contributed by atoms with Crippen LogP contribution in [-0.2, 0) is 11.2 Å². The molecule has 1 aromatic heterocycles. The number of aromatic nitrogens is 2. The molecule has 2 amide bonds. The highest BCUT2D eigenvalue weighted by atomic mass is 35.5. The third-order valence-electron chi connectivity index (χ3n) is 3.51. The first-order valence-corrected chi connectivity index (χ1v) is 9.33. The van der Waals surface area contributed by atoms with Gasteiger partial charge in [0, 0.05) is 22.2 Å². The van der Waals surface area contributed by atoms with Crippen molar-refractivity contribution in [3.8, 4) is 11.5 Å². The summed E-state index contributed by atoms with van der Waals surface area (Å²) in [6.07, 6.45) is 1.15. The van der Waals surface area contributed by atoms with Crippen LogP contribution in [-0.4, -0.2) is 38.4 Å². The Morgan fingerprint density at radius 1 is 1.14 bits per heavy atom. The number of phenolic OH excluding ortho intramolecular Hbond substituents is 2. The van der Waals surface area contributed by atoms with Crippen molar-refractivity contribution in [3.05, 3.63) is 63.6 Å². The van der Waals surface area contributed by atoms with E-state index in [1.165, 1.54) is 18.3 Å². The number of carbonyl (C=O) groups is 2. The molecular weight excluding hydrogens is 418 g/mol. The maximum Gasteiger partial charge on any atom is 0.257 e. The van der Waals surface area contributed by atoms with Gasteiger partial charge in [0.15, 0.2) is 0 Å². The number of hydrazone groups is 1. The molecule has 1 heterocycles. The van der Waals surface area contributed by atoms with E-state index in [1.807, 2.05) is 0 Å². The molecule has 0 unspecified atom stereocenters. The molecule has 9 nitrogen and oxygen atoms in total. The number of rotatable bonds is 6. The van der Waals surface area contributed by atoms with Gasteiger partial charge in [0.25, 0.3) is 5.91 Å². The molecule has 0 saturated heterocycles. The van der Waals surface area contributed by atoms with Gasteiger partial charge < -0.3 is 10.2 Å². The van der Waals surface area contributed by atoms with Gasteiger partial charge in [-0.05, 0) is 36.4 Å². The summed E-state index contributed by atoms with van der Waals surface area (Å²) >= 11 is 6.85. The summed E-state index contributed by atoms with van der Waals surface area (Å²) in [6, 6.07) is 10.3. The van der Waals surface area contributed by atoms with Crippen molar-refractivity contribution in [2.45, 2.75) is 6.42 Å². The highest BCUT2D eigenvalue weighted by Gasteiger charge is 2.12. The summed E-state index contributed by atoms with van der Waals surface area (Å²) in [4.78, 5) is 24.1. The SMILES string of the molecule is O=C(Cc1nnc(NC(=O)c2ccc(Cl)cc2)s1)NN=Cc1ccc(O)cc1O. The molecule has 3 aromatic rings. The molecule has 0 bridgehead atoms. The number of amides is 2. The lowest BCUT2D eigenvalue weighted by atomic mass is 10.2. The Balaban J connectivity index is 1.52. The lowest BCUT2D eigenvalue weighted by Gasteiger charge is -2.00. The number of halogens is 1. The second kappa shape index (κ2) is 9.13. The van der Waals surface area contributed by atoms with Gasteiger partial charge in [-0.2, -0.15) is 5.10 Å². The standard InChI is InChI=1S/C18H14ClN5O4S/c19-12-4-1-10(2-5-12)17(28)21-18-24-23-16(29-18)8-15(27)22-20-9-11-3-6-13(25)7-14(11)26/h1-7,9,25-26H,8H2,(H,22,27)(H,21,24,28). The first-order chi connectivity index (χ1) is 13.9. The van der Waals surface area contributed by atoms with Crippen molar-refractivity contribution in [1.82, 2.24) is 15.6 Å². The van der Waals surface area contributed by atoms with E-state index >= 15 is 0 Å². The summed E-state index contributed by atoms with van der Waals surface area (Å²) in [5.74, 6) is -1.08. The van der Waals surface area contributed by atoms with Crippen molar-refractivity contribution < 1.29 is 19.8 Å². The van der Waals surface area contributed by atoms with Gasteiger partial charge in [-0.15, -0.1) is 10.2 Å². The average Bonchev–Trinajstić information content (AvgIpc) is 3.10. The third-order valence-corrected chi connectivity index (χ3v) is 4.60. The molecule has 0 fully saturated rings. The molecule has 0 aliphatic carbocycles. The maximum atomic E-state index is 12.1. The minimum absolute atomic E-state index is 0.0843. The molecule has 2 aromatic carbocycles. The zero-order chi connectivity index (χ0) is 20.8. The molecular formula is C18H14ClN5O4S. The van der Waals surface area contributed by atoms with Crippen LogP contribution in [0.1, 0.15) is 20.9 Å². The minimum Gasteiger partial charge on any atom is -0.508 e. The number of nitrogens with one attached hydrogen (secondary N) is 2. The number of hydrogen-bond donors (Lipinski definition) is 4. The van der Waals surface area contributed by atoms with E-state index in [4.69, 9.17) is 11.6 Å². The lowest BCUT2D eigenvalue weighted by molar-refractivity contribution is -0.120. The van der Waals surface area contributed by atoms with E-state index in [9.17, 15) is 19.8 Å². The normalized spacial score (nSPS) is 10.8. The summed E-state index contributed by atoms with van der Waals surface area (Å²) in [5.41, 5.74) is 3.04. The van der Waals surface area contributed by atoms with E-state index in [1.54, 1.807) is 24.3 Å². The van der Waals surface area contributed by atoms with E-state index in [-0.39, 0.29) is 29.0 Å². The highest BCUT2D eigenvalue weighted by Crippen LogP contribution is 2.21. The van der Waals surface area contributed by atoms with Crippen LogP contribution in [0.25, 0.3) is 0 Å². The first-order valence-electron chi connectivity index (χ1n) is 8.14. The zero-order valence-corrected chi connectivity index (χ0v) is 16.2. The Hall–Kier alpha value is -3.50. The predicted octanol–water partition coefficient (Wildman–Crippen LogP) is 2.55. The fourth-order valence-electron chi connectivity index (χ4n) is 2.14. The van der Waals surface area contributed by atoms with Crippen molar-refractivity contribution in [1.29, 1.82) is 0 Å². The fraction of sp³-hybridized carbons (Fsp3) is 0.0556. The molecule has 0 radical (unpaired) electrons. The molecule has 148 valence electrons. The second-order valence-electron chi connectivity index (χ2n) is 5.68. The van der Waals surface area contributed by atoms with Crippen LogP contribution in [0.15, 0.2) is 47.6 Å². The molecule has 11 heteroatoms. The Morgan fingerprint density at radius 3 is 2.62 bits per heavy atom. The summed E-state index contributed by atoms with van der Waals surface area (Å²) in [7, 11) is 0. The van der Waals surface area contributed by atoms with Crippen LogP contribution in [0, 0.1) is 0 Å². The smallest absolute Gasteiger partial charge is 0.257 e. The molecule has 3 rings (SSSR count). The molecule has 29 heavy (non-hydrogen) atoms. The largest absolute Gasteiger partial charge is 0.508 e. The summed E-state index contributed by atoms with van der Waals surface area (Å²) < 4.78 is 0. The highest BCUT2D eigenvalue weighted by molar-refractivity contribution is 7.15. The quantitative estimate of drug-likeness (QED) is 0.349. The van der Waals surface area contributed by atoms with E-state index in [0.717, 1.165) is 17.4 Å². The Labute approximate surface area is 173 Å². The molecule has 0 aliphatic rings. The third kappa shape index (κ3) is 5.74. The fourth-order valence-corrected chi connectivity index (χ4v) is 3.00. The van der Waals surface area contributed by atoms with Crippen molar-refractivity contribution in [2.24, 2.45) is 5.10 Å². The Morgan fingerprint density at radius 2 is 1.90 bits per heavy atom. The van der Waals surface area contributed by atoms with Crippen molar-refractivity contribution in [2.75, 3.05) is 5.32 Å². The van der Waals surface area contributed by atoms with Gasteiger partial charge in [-0.1, -0.05) is 22.9 Å². The van der Waals surface area contributed by atoms with Crippen LogP contribution in [0.5, 0.6) is 11.5 Å². The van der Waals surface area contributed by atoms with Crippen molar-refractivity contribution >= 4 is 46.1 Å². The first kappa shape index (κ1) is 20.2. The molecule has 0 aliphatic heterocycles. The Kier molecular flexibility index (Phi) is 6.37. The second-order valence-corrected chi connectivity index (χ2v) is 7.17. The van der Waals surface area contributed by atoms with Crippen LogP contribution >= 0.6 is 22.9 Å². The minimum atomic E-state index is -0.453. The van der Waals surface area contributed by atoms with Gasteiger partial charge in [0.1, 0.15) is 16.5 Å². The number of anilines is 1. The van der Waals surface area contributed by atoms with Crippen LogP contribution in [0.2, 0.25) is 5.02 Å². The van der Waals surface area contributed by atoms with Crippen LogP contribution in [0.4, 0.5) is 5.13 Å². The van der Waals surface area contributed by atoms with E-state index in [2.05, 4.69) is 26.0 Å². The maximum absolute atomic E-state index is 12.1. The van der Waals surface area contributed by atoms with Crippen LogP contribution < -0.4 is 10.7 Å². The Bertz CT molecular complexity index is 1070. The average molecular weight is 432 g/mol. The van der Waals surface area contributed by atoms with Gasteiger partial charge in [0.05, 0.1) is 12.6 Å². The molecule has 0 saturated carbocycles. The molecule has 0 atom stereocenters. The van der Waals surface area contributed by atoms with Gasteiger partial charge in [-0.25, -0.2) is 5.43 Å². The topological polar surface area (TPSA) is 137 Å². The van der Waals surface area contributed by atoms with Gasteiger partial charge in [-0.3, -0.25) is 14.9 Å². The summed E-state index contributed by atoms with van der Waals surface area (Å²) in [6.45, 7) is 0. The monoisotopic (exact) mass is 431 g/mol. The van der Waals surface area contributed by atoms with Crippen molar-refractivity contribution in [3.63, 3.8) is 0 Å². The summed E-state index contributed by atoms with van der Waals surface area (Å²) in [5, 5.41) is 34.1. The number of benzene rings is 2. The molecule has 0 spiro atoms. The lowest BCUT2D eigenvalue weighted by Crippen LogP contribution is -2.19. The van der Waals surface area contributed by atoms with Crippen LogP contribution in [0.3, 0.4) is 0 Å². The zero-order valence-electron chi connectivity index (χ0n) is 14.7. The number of aromatic hydroxyl groups is 2. The number of phenols is 2.